The summed E-state index contributed by atoms with van der Waals surface area (Å²) in [7, 11) is 1.57. The molecule has 47 heavy (non-hydrogen) atoms. The minimum absolute atomic E-state index is 0.0794. The number of methoxy groups -OCH3 is 1. The van der Waals surface area contributed by atoms with Gasteiger partial charge in [0.1, 0.15) is 41.4 Å². The van der Waals surface area contributed by atoms with E-state index in [-0.39, 0.29) is 17.7 Å². The Morgan fingerprint density at radius 1 is 0.979 bits per heavy atom. The average molecular weight is 642 g/mol. The molecule has 1 amide bonds. The van der Waals surface area contributed by atoms with Crippen LogP contribution in [-0.2, 0) is 4.79 Å². The zero-order valence-corrected chi connectivity index (χ0v) is 27.0. The number of fused-ring (bicyclic) bond motifs is 1. The van der Waals surface area contributed by atoms with Crippen LogP contribution in [0.25, 0.3) is 10.9 Å². The van der Waals surface area contributed by atoms with Crippen molar-refractivity contribution in [3.8, 4) is 23.0 Å². The van der Waals surface area contributed by atoms with E-state index in [0.29, 0.717) is 71.7 Å². The van der Waals surface area contributed by atoms with Crippen LogP contribution in [0.1, 0.15) is 26.7 Å². The Hall–Kier alpha value is -4.97. The molecular formula is C35H40FN7O4. The third-order valence-electron chi connectivity index (χ3n) is 8.66. The zero-order valence-electron chi connectivity index (χ0n) is 27.0. The fourth-order valence-corrected chi connectivity index (χ4v) is 5.95. The Morgan fingerprint density at radius 2 is 1.74 bits per heavy atom. The summed E-state index contributed by atoms with van der Waals surface area (Å²) in [6, 6.07) is 12.4. The minimum atomic E-state index is -0.501. The lowest BCUT2D eigenvalue weighted by atomic mass is 10.1. The normalized spacial score (nSPS) is 15.9. The van der Waals surface area contributed by atoms with Gasteiger partial charge in [-0.3, -0.25) is 9.69 Å². The third-order valence-corrected chi connectivity index (χ3v) is 8.66. The number of pyridine rings is 1. The monoisotopic (exact) mass is 641 g/mol. The quantitative estimate of drug-likeness (QED) is 0.214. The smallest absolute Gasteiger partial charge is 0.245 e. The Labute approximate surface area is 274 Å². The van der Waals surface area contributed by atoms with Gasteiger partial charge in [-0.05, 0) is 44.2 Å². The maximum atomic E-state index is 15.4. The van der Waals surface area contributed by atoms with Gasteiger partial charge in [-0.1, -0.05) is 6.58 Å². The van der Waals surface area contributed by atoms with Gasteiger partial charge in [-0.25, -0.2) is 19.3 Å². The summed E-state index contributed by atoms with van der Waals surface area (Å²) in [6.07, 6.45) is 5.70. The highest BCUT2D eigenvalue weighted by Crippen LogP contribution is 2.37. The van der Waals surface area contributed by atoms with Gasteiger partial charge in [-0.2, -0.15) is 0 Å². The number of carbonyl (C=O) groups excluding carboxylic acids is 1. The predicted molar refractivity (Wildman–Crippen MR) is 179 cm³/mol. The predicted octanol–water partition coefficient (Wildman–Crippen LogP) is 5.79. The van der Waals surface area contributed by atoms with Crippen molar-refractivity contribution in [1.29, 1.82) is 0 Å². The molecule has 246 valence electrons. The van der Waals surface area contributed by atoms with Crippen molar-refractivity contribution < 1.29 is 23.4 Å². The largest absolute Gasteiger partial charge is 0.493 e. The number of halogens is 1. The highest BCUT2D eigenvalue weighted by Gasteiger charge is 2.24. The van der Waals surface area contributed by atoms with Crippen molar-refractivity contribution >= 4 is 34.1 Å². The number of hydrogen-bond donors (Lipinski definition) is 1. The number of anilines is 3. The molecule has 2 aromatic carbocycles. The fraction of sp³-hybridized carbons (Fsp3) is 0.371. The zero-order chi connectivity index (χ0) is 32.9. The number of nitrogens with zero attached hydrogens (tertiary/aromatic N) is 6. The van der Waals surface area contributed by atoms with Gasteiger partial charge < -0.3 is 29.3 Å². The molecular weight excluding hydrogens is 601 g/mol. The topological polar surface area (TPSA) is 105 Å². The maximum absolute atomic E-state index is 15.4. The molecule has 6 rings (SSSR count). The summed E-state index contributed by atoms with van der Waals surface area (Å²) in [6.45, 7) is 12.9. The Kier molecular flexibility index (Phi) is 9.67. The van der Waals surface area contributed by atoms with Crippen LogP contribution in [0.15, 0.2) is 67.6 Å². The molecule has 2 aliphatic rings. The van der Waals surface area contributed by atoms with E-state index in [1.807, 2.05) is 6.07 Å². The van der Waals surface area contributed by atoms with Gasteiger partial charge in [0.05, 0.1) is 18.3 Å². The van der Waals surface area contributed by atoms with Crippen LogP contribution in [0.4, 0.5) is 21.7 Å². The molecule has 1 N–H and O–H groups in total. The number of amides is 1. The van der Waals surface area contributed by atoms with Crippen LogP contribution in [0.5, 0.6) is 23.0 Å². The van der Waals surface area contributed by atoms with Crippen molar-refractivity contribution in [2.45, 2.75) is 38.8 Å². The SMILES string of the molecule is C=CC(=O)N1CCC(Oc2cc3c(Nc4ccc(Oc5ccnc(N6CCN(C(C)C)CC6)c5)cc4F)ncnc3cc2OC)CC1. The van der Waals surface area contributed by atoms with Gasteiger partial charge in [0.15, 0.2) is 11.5 Å². The number of ether oxygens (including phenoxy) is 3. The number of piperidine rings is 1. The molecule has 2 saturated heterocycles. The summed E-state index contributed by atoms with van der Waals surface area (Å²) in [4.78, 5) is 31.7. The van der Waals surface area contributed by atoms with Crippen molar-refractivity contribution in [3.63, 3.8) is 0 Å². The van der Waals surface area contributed by atoms with Crippen molar-refractivity contribution in [3.05, 3.63) is 73.5 Å². The van der Waals surface area contributed by atoms with Crippen LogP contribution in [0, 0.1) is 5.82 Å². The standard InChI is InChI=1S/C35H40FN7O4/c1-5-34(44)43-12-9-24(10-13-43)47-32-20-27-30(21-31(32)45-4)38-22-39-35(27)40-29-7-6-25(18-28(29)36)46-26-8-11-37-33(19-26)42-16-14-41(15-17-42)23(2)3/h5-8,11,18-24H,1,9-10,12-17H2,2-4H3,(H,38,39,40). The molecule has 0 saturated carbocycles. The van der Waals surface area contributed by atoms with E-state index in [4.69, 9.17) is 14.2 Å². The van der Waals surface area contributed by atoms with E-state index in [9.17, 15) is 4.79 Å². The highest BCUT2D eigenvalue weighted by molar-refractivity contribution is 5.93. The second-order valence-corrected chi connectivity index (χ2v) is 11.9. The van der Waals surface area contributed by atoms with E-state index in [1.54, 1.807) is 48.5 Å². The number of hydrogen-bond acceptors (Lipinski definition) is 10. The molecule has 4 aromatic rings. The van der Waals surface area contributed by atoms with Crippen LogP contribution >= 0.6 is 0 Å². The van der Waals surface area contributed by atoms with Crippen LogP contribution in [0.2, 0.25) is 0 Å². The lowest BCUT2D eigenvalue weighted by Gasteiger charge is -2.37. The number of benzene rings is 2. The molecule has 0 bridgehead atoms. The van der Waals surface area contributed by atoms with Crippen LogP contribution in [0.3, 0.4) is 0 Å². The third kappa shape index (κ3) is 7.38. The second kappa shape index (κ2) is 14.2. The van der Waals surface area contributed by atoms with E-state index in [1.165, 1.54) is 18.5 Å². The van der Waals surface area contributed by atoms with Gasteiger partial charge in [0.2, 0.25) is 5.91 Å². The van der Waals surface area contributed by atoms with Gasteiger partial charge in [0.25, 0.3) is 0 Å². The molecule has 0 unspecified atom stereocenters. The molecule has 4 heterocycles. The van der Waals surface area contributed by atoms with E-state index in [0.717, 1.165) is 32.0 Å². The van der Waals surface area contributed by atoms with E-state index < -0.39 is 5.82 Å². The first-order valence-electron chi connectivity index (χ1n) is 15.9. The Bertz CT molecular complexity index is 1740. The van der Waals surface area contributed by atoms with E-state index >= 15 is 4.39 Å². The lowest BCUT2D eigenvalue weighted by Crippen LogP contribution is -2.49. The summed E-state index contributed by atoms with van der Waals surface area (Å²) < 4.78 is 33.4. The first-order chi connectivity index (χ1) is 22.8. The second-order valence-electron chi connectivity index (χ2n) is 11.9. The molecule has 0 spiro atoms. The molecule has 11 nitrogen and oxygen atoms in total. The Morgan fingerprint density at radius 3 is 2.45 bits per heavy atom. The number of carbonyl (C=O) groups is 1. The molecule has 2 fully saturated rings. The molecule has 0 atom stereocenters. The van der Waals surface area contributed by atoms with Gasteiger partial charge in [0, 0.05) is 87.9 Å². The summed E-state index contributed by atoms with van der Waals surface area (Å²) >= 11 is 0. The van der Waals surface area contributed by atoms with E-state index in [2.05, 4.69) is 50.5 Å². The molecule has 0 aliphatic carbocycles. The van der Waals surface area contributed by atoms with Crippen molar-refractivity contribution in [2.24, 2.45) is 0 Å². The summed E-state index contributed by atoms with van der Waals surface area (Å²) in [5.74, 6) is 2.67. The van der Waals surface area contributed by atoms with Gasteiger partial charge in [-0.15, -0.1) is 0 Å². The molecule has 12 heteroatoms. The maximum Gasteiger partial charge on any atom is 0.245 e. The number of piperazine rings is 1. The van der Waals surface area contributed by atoms with Crippen molar-refractivity contribution in [1.82, 2.24) is 24.8 Å². The number of aromatic nitrogens is 3. The van der Waals surface area contributed by atoms with Crippen LogP contribution in [-0.4, -0.2) is 89.2 Å². The number of nitrogens with one attached hydrogen (secondary N) is 1. The Balaban J connectivity index is 1.15. The first kappa shape index (κ1) is 32.0. The average Bonchev–Trinajstić information content (AvgIpc) is 3.09. The number of likely N-dealkylation sites (tertiary alicyclic amines) is 1. The lowest BCUT2D eigenvalue weighted by molar-refractivity contribution is -0.127. The fourth-order valence-electron chi connectivity index (χ4n) is 5.95. The highest BCUT2D eigenvalue weighted by atomic mass is 19.1. The van der Waals surface area contributed by atoms with Crippen molar-refractivity contribution in [2.75, 3.05) is 56.6 Å². The number of rotatable bonds is 10. The first-order valence-corrected chi connectivity index (χ1v) is 15.9. The molecule has 2 aromatic heterocycles. The van der Waals surface area contributed by atoms with Gasteiger partial charge >= 0.3 is 0 Å². The molecule has 2 aliphatic heterocycles. The minimum Gasteiger partial charge on any atom is -0.493 e. The van der Waals surface area contributed by atoms with Crippen LogP contribution < -0.4 is 24.4 Å². The summed E-state index contributed by atoms with van der Waals surface area (Å²) in [5, 5.41) is 3.75. The summed E-state index contributed by atoms with van der Waals surface area (Å²) in [5.41, 5.74) is 0.839. The molecule has 0 radical (unpaired) electrons.